The Kier molecular flexibility index (Phi) is 3.87. The first kappa shape index (κ1) is 15.3. The first-order valence-corrected chi connectivity index (χ1v) is 8.59. The Labute approximate surface area is 131 Å². The summed E-state index contributed by atoms with van der Waals surface area (Å²) in [5.41, 5.74) is 1.47. The fraction of sp³-hybridized carbons (Fsp3) is 0.214. The fourth-order valence-corrected chi connectivity index (χ4v) is 3.53. The number of halogens is 1. The zero-order valence-electron chi connectivity index (χ0n) is 11.3. The highest BCUT2D eigenvalue weighted by Gasteiger charge is 2.32. The van der Waals surface area contributed by atoms with Gasteiger partial charge in [0.1, 0.15) is 5.75 Å². The number of alkyl halides is 1. The minimum Gasteiger partial charge on any atom is -0.404 e. The molecule has 3 rings (SSSR count). The number of phosphoric ester groups is 1. The fourth-order valence-electron chi connectivity index (χ4n) is 2.87. The quantitative estimate of drug-likeness (QED) is 0.507. The number of phosphoric acid groups is 1. The van der Waals surface area contributed by atoms with Crippen LogP contribution in [0.3, 0.4) is 0 Å². The average molecular weight is 342 g/mol. The lowest BCUT2D eigenvalue weighted by Gasteiger charge is -2.16. The number of carbonyl (C=O) groups excluding carboxylic acids is 1. The van der Waals surface area contributed by atoms with Gasteiger partial charge in [-0.2, -0.15) is 0 Å². The summed E-state index contributed by atoms with van der Waals surface area (Å²) in [7, 11) is -4.70. The number of carbonyl (C=O) groups is 1. The molecule has 2 aromatic carbocycles. The maximum absolute atomic E-state index is 11.3. The van der Waals surface area contributed by atoms with Gasteiger partial charge in [-0.05, 0) is 10.9 Å². The molecule has 116 valence electrons. The second-order valence-corrected chi connectivity index (χ2v) is 6.52. The van der Waals surface area contributed by atoms with Crippen molar-refractivity contribution in [2.24, 2.45) is 0 Å². The van der Waals surface area contributed by atoms with Crippen LogP contribution in [0.25, 0.3) is 10.8 Å². The third-order valence-corrected chi connectivity index (χ3v) is 4.50. The Bertz CT molecular complexity index is 790. The van der Waals surface area contributed by atoms with Crippen LogP contribution < -0.4 is 9.42 Å². The lowest BCUT2D eigenvalue weighted by Crippen LogP contribution is -2.19. The van der Waals surface area contributed by atoms with Crippen molar-refractivity contribution in [2.75, 3.05) is 17.3 Å². The van der Waals surface area contributed by atoms with E-state index in [1.807, 2.05) is 12.1 Å². The molecule has 0 spiro atoms. The molecule has 1 amide bonds. The third kappa shape index (κ3) is 2.59. The number of rotatable bonds is 4. The van der Waals surface area contributed by atoms with E-state index in [0.29, 0.717) is 29.9 Å². The normalized spacial score (nSPS) is 17.6. The Hall–Kier alpha value is -1.59. The van der Waals surface area contributed by atoms with E-state index in [-0.39, 0.29) is 11.7 Å². The minimum atomic E-state index is -4.70. The maximum Gasteiger partial charge on any atom is 0.524 e. The molecule has 0 bridgehead atoms. The molecule has 6 nitrogen and oxygen atoms in total. The molecule has 0 saturated heterocycles. The molecule has 0 saturated carbocycles. The monoisotopic (exact) mass is 341 g/mol. The highest BCUT2D eigenvalue weighted by molar-refractivity contribution is 7.46. The van der Waals surface area contributed by atoms with Crippen molar-refractivity contribution in [3.63, 3.8) is 0 Å². The van der Waals surface area contributed by atoms with Gasteiger partial charge in [0, 0.05) is 29.8 Å². The summed E-state index contributed by atoms with van der Waals surface area (Å²) in [6.45, 7) is 0.436. The number of benzene rings is 2. The third-order valence-electron chi connectivity index (χ3n) is 3.69. The van der Waals surface area contributed by atoms with E-state index in [1.54, 1.807) is 12.1 Å². The molecule has 0 aromatic heterocycles. The van der Waals surface area contributed by atoms with Crippen molar-refractivity contribution < 1.29 is 23.7 Å². The molecule has 1 heterocycles. The SMILES string of the molecule is O=CN1CC(CCl)c2c1cc(OP(=O)(O)O)c1ccccc21. The van der Waals surface area contributed by atoms with Crippen molar-refractivity contribution in [2.45, 2.75) is 5.92 Å². The van der Waals surface area contributed by atoms with Crippen molar-refractivity contribution >= 4 is 42.3 Å². The maximum atomic E-state index is 11.3. The molecule has 1 atom stereocenters. The number of hydrogen-bond donors (Lipinski definition) is 2. The summed E-state index contributed by atoms with van der Waals surface area (Å²) in [6, 6.07) is 8.60. The van der Waals surface area contributed by atoms with Gasteiger partial charge >= 0.3 is 7.82 Å². The predicted octanol–water partition coefficient (Wildman–Crippen LogP) is 2.61. The topological polar surface area (TPSA) is 87.1 Å². The van der Waals surface area contributed by atoms with Gasteiger partial charge in [-0.15, -0.1) is 11.6 Å². The summed E-state index contributed by atoms with van der Waals surface area (Å²) in [5, 5.41) is 1.35. The molecule has 2 N–H and O–H groups in total. The van der Waals surface area contributed by atoms with Crippen molar-refractivity contribution in [3.05, 3.63) is 35.9 Å². The number of anilines is 1. The molecule has 0 aliphatic carbocycles. The first-order chi connectivity index (χ1) is 10.4. The summed E-state index contributed by atoms with van der Waals surface area (Å²) >= 11 is 6.01. The van der Waals surface area contributed by atoms with E-state index in [0.717, 1.165) is 10.9 Å². The first-order valence-electron chi connectivity index (χ1n) is 6.53. The summed E-state index contributed by atoms with van der Waals surface area (Å²) in [4.78, 5) is 30.9. The standard InChI is InChI=1S/C14H13ClNO5P/c15-6-9-7-16(8-17)12-5-13(21-22(18,19)20)10-3-1-2-4-11(10)14(9)12/h1-5,8-9H,6-7H2,(H2,18,19,20). The van der Waals surface area contributed by atoms with E-state index in [9.17, 15) is 9.36 Å². The Morgan fingerprint density at radius 1 is 1.36 bits per heavy atom. The Balaban J connectivity index is 2.30. The van der Waals surface area contributed by atoms with Gasteiger partial charge in [0.05, 0.1) is 5.69 Å². The molecule has 8 heteroatoms. The second-order valence-electron chi connectivity index (χ2n) is 5.04. The summed E-state index contributed by atoms with van der Waals surface area (Å²) in [5.74, 6) is 0.362. The smallest absolute Gasteiger partial charge is 0.404 e. The molecule has 22 heavy (non-hydrogen) atoms. The molecular weight excluding hydrogens is 329 g/mol. The lowest BCUT2D eigenvalue weighted by molar-refractivity contribution is -0.107. The number of hydrogen-bond acceptors (Lipinski definition) is 3. The molecule has 1 aliphatic heterocycles. The minimum absolute atomic E-state index is 0.0316. The van der Waals surface area contributed by atoms with E-state index < -0.39 is 7.82 Å². The number of amides is 1. The summed E-state index contributed by atoms with van der Waals surface area (Å²) in [6.07, 6.45) is 0.682. The van der Waals surface area contributed by atoms with Crippen LogP contribution in [-0.4, -0.2) is 28.6 Å². The molecule has 0 radical (unpaired) electrons. The highest BCUT2D eigenvalue weighted by Crippen LogP contribution is 2.48. The van der Waals surface area contributed by atoms with Gasteiger partial charge in [0.2, 0.25) is 6.41 Å². The largest absolute Gasteiger partial charge is 0.524 e. The van der Waals surface area contributed by atoms with E-state index in [2.05, 4.69) is 0 Å². The van der Waals surface area contributed by atoms with Crippen molar-refractivity contribution in [3.8, 4) is 5.75 Å². The molecule has 0 fully saturated rings. The van der Waals surface area contributed by atoms with E-state index in [1.165, 1.54) is 11.0 Å². The van der Waals surface area contributed by atoms with Gasteiger partial charge in [-0.1, -0.05) is 24.3 Å². The predicted molar refractivity (Wildman–Crippen MR) is 83.5 cm³/mol. The van der Waals surface area contributed by atoms with Crippen LogP contribution in [0.5, 0.6) is 5.75 Å². The number of nitrogens with zero attached hydrogens (tertiary/aromatic N) is 1. The van der Waals surface area contributed by atoms with Gasteiger partial charge in [0.25, 0.3) is 0 Å². The van der Waals surface area contributed by atoms with Crippen LogP contribution in [0.2, 0.25) is 0 Å². The summed E-state index contributed by atoms with van der Waals surface area (Å²) < 4.78 is 16.0. The van der Waals surface area contributed by atoms with Crippen LogP contribution in [0.15, 0.2) is 30.3 Å². The molecule has 2 aromatic rings. The van der Waals surface area contributed by atoms with Crippen LogP contribution in [0.4, 0.5) is 5.69 Å². The average Bonchev–Trinajstić information content (AvgIpc) is 2.84. The van der Waals surface area contributed by atoms with Crippen LogP contribution in [0, 0.1) is 0 Å². The number of fused-ring (bicyclic) bond motifs is 3. The van der Waals surface area contributed by atoms with Gasteiger partial charge < -0.3 is 9.42 Å². The van der Waals surface area contributed by atoms with Gasteiger partial charge in [0.15, 0.2) is 0 Å². The molecule has 1 aliphatic rings. The van der Waals surface area contributed by atoms with Crippen LogP contribution >= 0.6 is 19.4 Å². The lowest BCUT2D eigenvalue weighted by atomic mass is 9.95. The zero-order chi connectivity index (χ0) is 15.9. The second kappa shape index (κ2) is 5.56. The van der Waals surface area contributed by atoms with E-state index >= 15 is 0 Å². The van der Waals surface area contributed by atoms with E-state index in [4.69, 9.17) is 25.9 Å². The van der Waals surface area contributed by atoms with Gasteiger partial charge in [-0.3, -0.25) is 14.6 Å². The highest BCUT2D eigenvalue weighted by atomic mass is 35.5. The van der Waals surface area contributed by atoms with Gasteiger partial charge in [-0.25, -0.2) is 4.57 Å². The zero-order valence-corrected chi connectivity index (χ0v) is 13.0. The molecule has 1 unspecified atom stereocenters. The molecular formula is C14H13ClNO5P. The Morgan fingerprint density at radius 2 is 2.05 bits per heavy atom. The van der Waals surface area contributed by atoms with Crippen molar-refractivity contribution in [1.82, 2.24) is 0 Å². The van der Waals surface area contributed by atoms with Crippen molar-refractivity contribution in [1.29, 1.82) is 0 Å². The van der Waals surface area contributed by atoms with Crippen LogP contribution in [0.1, 0.15) is 11.5 Å². The Morgan fingerprint density at radius 3 is 2.64 bits per heavy atom. The van der Waals surface area contributed by atoms with Crippen LogP contribution in [-0.2, 0) is 9.36 Å².